The van der Waals surface area contributed by atoms with E-state index in [1.807, 2.05) is 0 Å². The van der Waals surface area contributed by atoms with E-state index in [4.69, 9.17) is 0 Å². The molecule has 0 radical (unpaired) electrons. The van der Waals surface area contributed by atoms with Crippen LogP contribution in [0.4, 0.5) is 5.82 Å². The molecule has 2 heterocycles. The van der Waals surface area contributed by atoms with Crippen LogP contribution in [0.15, 0.2) is 18.3 Å². The number of ether oxygens (including phenoxy) is 1. The number of nitrogens with one attached hydrogen (secondary N) is 1. The first-order chi connectivity index (χ1) is 8.57. The number of carbonyl (C=O) groups is 3. The second kappa shape index (κ2) is 4.53. The van der Waals surface area contributed by atoms with Crippen molar-refractivity contribution in [1.29, 1.82) is 0 Å². The van der Waals surface area contributed by atoms with Gasteiger partial charge < -0.3 is 4.74 Å². The molecule has 1 aliphatic rings. The Morgan fingerprint density at radius 3 is 2.94 bits per heavy atom. The molecule has 2 rings (SSSR count). The van der Waals surface area contributed by atoms with Crippen LogP contribution in [-0.4, -0.2) is 29.5 Å². The van der Waals surface area contributed by atoms with Gasteiger partial charge in [0.05, 0.1) is 12.8 Å². The zero-order valence-electron chi connectivity index (χ0n) is 9.54. The van der Waals surface area contributed by atoms with Crippen molar-refractivity contribution < 1.29 is 29.3 Å². The Balaban J connectivity index is 2.46. The lowest BCUT2D eigenvalue weighted by Gasteiger charge is -2.19. The van der Waals surface area contributed by atoms with Gasteiger partial charge in [0, 0.05) is 0 Å². The van der Waals surface area contributed by atoms with Crippen LogP contribution < -0.4 is 10.0 Å². The third-order valence-electron chi connectivity index (χ3n) is 2.55. The van der Waals surface area contributed by atoms with E-state index >= 15 is 0 Å². The Morgan fingerprint density at radius 1 is 1.56 bits per heavy atom. The Bertz CT molecular complexity index is 528. The quantitative estimate of drug-likeness (QED) is 0.438. The fraction of sp³-hybridized carbons (Fsp3) is 0.273. The van der Waals surface area contributed by atoms with E-state index in [9.17, 15) is 19.6 Å². The fourth-order valence-electron chi connectivity index (χ4n) is 1.74. The van der Waals surface area contributed by atoms with Crippen LogP contribution in [0, 0.1) is 5.92 Å². The average molecular weight is 251 g/mol. The van der Waals surface area contributed by atoms with Gasteiger partial charge in [-0.15, -0.1) is 0 Å². The van der Waals surface area contributed by atoms with E-state index in [2.05, 4.69) is 9.72 Å². The Hall–Kier alpha value is -2.28. The molecule has 1 amide bonds. The summed E-state index contributed by atoms with van der Waals surface area (Å²) in [6.07, 6.45) is 1.45. The van der Waals surface area contributed by atoms with Crippen molar-refractivity contribution >= 4 is 23.5 Å². The summed E-state index contributed by atoms with van der Waals surface area (Å²) in [6, 6.07) is 2.94. The van der Waals surface area contributed by atoms with Crippen LogP contribution in [0.2, 0.25) is 0 Å². The maximum absolute atomic E-state index is 12.0. The number of hydroxylamine groups is 1. The lowest BCUT2D eigenvalue weighted by molar-refractivity contribution is -0.367. The van der Waals surface area contributed by atoms with Crippen LogP contribution >= 0.6 is 0 Å². The summed E-state index contributed by atoms with van der Waals surface area (Å²) in [6.45, 7) is 1.61. The topological polar surface area (TPSA) is 98.1 Å². The highest BCUT2D eigenvalue weighted by atomic mass is 16.5. The van der Waals surface area contributed by atoms with E-state index in [-0.39, 0.29) is 23.1 Å². The first kappa shape index (κ1) is 12.2. The summed E-state index contributed by atoms with van der Waals surface area (Å²) in [5, 5.41) is 9.89. The molecule has 7 nitrogen and oxygen atoms in total. The molecule has 0 aromatic carbocycles. The molecule has 1 aromatic rings. The van der Waals surface area contributed by atoms with Gasteiger partial charge in [0.2, 0.25) is 5.92 Å². The third-order valence-corrected chi connectivity index (χ3v) is 2.55. The van der Waals surface area contributed by atoms with Crippen LogP contribution in [0.1, 0.15) is 17.3 Å². The number of aromatic nitrogens is 1. The lowest BCUT2D eigenvalue weighted by atomic mass is 9.93. The number of rotatable bonds is 2. The second-order valence-corrected chi connectivity index (χ2v) is 3.63. The van der Waals surface area contributed by atoms with Crippen molar-refractivity contribution in [2.24, 2.45) is 5.92 Å². The van der Waals surface area contributed by atoms with Gasteiger partial charge in [-0.1, -0.05) is 0 Å². The fourth-order valence-corrected chi connectivity index (χ4v) is 1.74. The maximum Gasteiger partial charge on any atom is 0.362 e. The van der Waals surface area contributed by atoms with Gasteiger partial charge in [-0.3, -0.25) is 9.59 Å². The number of hydrogen-bond donors (Lipinski definition) is 1. The first-order valence-corrected chi connectivity index (χ1v) is 5.32. The number of nitrogens with zero attached hydrogens (tertiary/aromatic N) is 1. The van der Waals surface area contributed by atoms with E-state index in [1.54, 1.807) is 6.92 Å². The van der Waals surface area contributed by atoms with E-state index in [0.717, 1.165) is 0 Å². The monoisotopic (exact) mass is 251 g/mol. The zero-order valence-corrected chi connectivity index (χ0v) is 9.54. The smallest absolute Gasteiger partial charge is 0.362 e. The molecule has 18 heavy (non-hydrogen) atoms. The molecular formula is C11H11N2O5+. The summed E-state index contributed by atoms with van der Waals surface area (Å²) in [5.74, 6) is -4.35. The van der Waals surface area contributed by atoms with Crippen LogP contribution in [0.25, 0.3) is 0 Å². The van der Waals surface area contributed by atoms with Crippen molar-refractivity contribution in [2.75, 3.05) is 11.7 Å². The Labute approximate surface area is 102 Å². The number of amides is 1. The molecule has 1 unspecified atom stereocenters. The molecule has 1 atom stereocenters. The third kappa shape index (κ3) is 1.74. The minimum atomic E-state index is -1.64. The summed E-state index contributed by atoms with van der Waals surface area (Å²) in [7, 11) is 0. The normalized spacial score (nSPS) is 18.6. The van der Waals surface area contributed by atoms with Gasteiger partial charge >= 0.3 is 17.7 Å². The molecular weight excluding hydrogens is 240 g/mol. The molecule has 94 valence electrons. The molecule has 1 aromatic heterocycles. The van der Waals surface area contributed by atoms with Gasteiger partial charge in [-0.2, -0.15) is 0 Å². The number of aromatic amines is 1. The maximum atomic E-state index is 12.0. The minimum Gasteiger partial charge on any atom is -0.465 e. The summed E-state index contributed by atoms with van der Waals surface area (Å²) >= 11 is 0. The first-order valence-electron chi connectivity index (χ1n) is 5.32. The highest BCUT2D eigenvalue weighted by Crippen LogP contribution is 2.25. The molecule has 0 spiro atoms. The lowest BCUT2D eigenvalue weighted by Crippen LogP contribution is -2.49. The molecule has 0 saturated heterocycles. The molecule has 0 bridgehead atoms. The number of H-pyrrole nitrogens is 1. The standard InChI is InChI=1S/C11H10N2O5/c1-2-18-11(16)7-8(14)6-4-3-5-12-9(6)13(17)10(7)15/h3-5,7,17H,2H2,1H3/p+1. The predicted molar refractivity (Wildman–Crippen MR) is 56.7 cm³/mol. The van der Waals surface area contributed by atoms with E-state index in [1.165, 1.54) is 18.3 Å². The summed E-state index contributed by atoms with van der Waals surface area (Å²) < 4.78 is 4.66. The molecule has 0 saturated carbocycles. The summed E-state index contributed by atoms with van der Waals surface area (Å²) in [5.41, 5.74) is 0.0673. The number of esters is 1. The van der Waals surface area contributed by atoms with Gasteiger partial charge in [-0.25, -0.2) is 15.0 Å². The number of carbonyl (C=O) groups excluding carboxylic acids is 3. The Kier molecular flexibility index (Phi) is 3.07. The average Bonchev–Trinajstić information content (AvgIpc) is 2.37. The van der Waals surface area contributed by atoms with Crippen molar-refractivity contribution in [2.45, 2.75) is 6.92 Å². The van der Waals surface area contributed by atoms with E-state index < -0.39 is 23.6 Å². The zero-order chi connectivity index (χ0) is 13.3. The highest BCUT2D eigenvalue weighted by molar-refractivity contribution is 6.28. The van der Waals surface area contributed by atoms with Crippen molar-refractivity contribution in [1.82, 2.24) is 0 Å². The van der Waals surface area contributed by atoms with Crippen molar-refractivity contribution in [3.8, 4) is 0 Å². The minimum absolute atomic E-state index is 0.0481. The molecule has 2 N–H and O–H groups in total. The van der Waals surface area contributed by atoms with Gasteiger partial charge in [0.25, 0.3) is 0 Å². The predicted octanol–water partition coefficient (Wildman–Crippen LogP) is -0.401. The highest BCUT2D eigenvalue weighted by Gasteiger charge is 2.50. The largest absolute Gasteiger partial charge is 0.465 e. The van der Waals surface area contributed by atoms with Crippen molar-refractivity contribution in [3.63, 3.8) is 0 Å². The number of ketones is 1. The van der Waals surface area contributed by atoms with Crippen LogP contribution in [0.3, 0.4) is 0 Å². The van der Waals surface area contributed by atoms with Gasteiger partial charge in [0.15, 0.2) is 5.78 Å². The van der Waals surface area contributed by atoms with Gasteiger partial charge in [-0.05, 0) is 24.1 Å². The SMILES string of the molecule is CCOC(=O)C1C(=O)c2ccc[nH+]c2N(O)C1=O. The van der Waals surface area contributed by atoms with Crippen LogP contribution in [-0.2, 0) is 14.3 Å². The van der Waals surface area contributed by atoms with E-state index in [0.29, 0.717) is 0 Å². The number of hydrogen-bond acceptors (Lipinski definition) is 5. The van der Waals surface area contributed by atoms with Gasteiger partial charge in [0.1, 0.15) is 5.56 Å². The van der Waals surface area contributed by atoms with Crippen molar-refractivity contribution in [3.05, 3.63) is 23.9 Å². The number of pyridine rings is 1. The number of anilines is 1. The number of Topliss-reactive ketones (excluding diaryl/α,β-unsaturated/α-hetero) is 1. The number of fused-ring (bicyclic) bond motifs is 1. The molecule has 7 heteroatoms. The second-order valence-electron chi connectivity index (χ2n) is 3.63. The molecule has 1 aliphatic heterocycles. The summed E-state index contributed by atoms with van der Waals surface area (Å²) in [4.78, 5) is 37.9. The van der Waals surface area contributed by atoms with Crippen LogP contribution in [0.5, 0.6) is 0 Å². The molecule has 0 fully saturated rings. The Morgan fingerprint density at radius 2 is 2.28 bits per heavy atom. The molecule has 0 aliphatic carbocycles.